The number of thioether (sulfide) groups is 1. The summed E-state index contributed by atoms with van der Waals surface area (Å²) in [5.41, 5.74) is 5.15. The Balaban J connectivity index is 1.53. The Morgan fingerprint density at radius 1 is 0.909 bits per heavy atom. The van der Waals surface area contributed by atoms with Gasteiger partial charge < -0.3 is 10.1 Å². The average molecular weight is 456 g/mol. The third-order valence-corrected chi connectivity index (χ3v) is 7.16. The standard InChI is InChI=1S/C27H25N3O2S/c1-17-9-13-21(14-10-17)30-26-24(18(2)29-30)25(33-19(3)27(31)28-26)20-11-15-23(16-12-20)32-22-7-5-4-6-8-22/h4-16,19,25H,1-3H3,(H,28,31)/t19-,25+/m0/s1. The number of aromatic nitrogens is 2. The predicted molar refractivity (Wildman–Crippen MR) is 134 cm³/mol. The number of amides is 1. The number of benzene rings is 3. The lowest BCUT2D eigenvalue weighted by molar-refractivity contribution is -0.115. The van der Waals surface area contributed by atoms with Crippen LogP contribution in [0.3, 0.4) is 0 Å². The van der Waals surface area contributed by atoms with Crippen LogP contribution < -0.4 is 10.1 Å². The SMILES string of the molecule is Cc1ccc(-n2nc(C)c3c2NC(=O)[C@H](C)S[C@@H]3c2ccc(Oc3ccccc3)cc2)cc1. The van der Waals surface area contributed by atoms with Crippen molar-refractivity contribution in [3.8, 4) is 17.2 Å². The molecule has 5 rings (SSSR count). The lowest BCUT2D eigenvalue weighted by atomic mass is 10.0. The Kier molecular flexibility index (Phi) is 5.68. The highest BCUT2D eigenvalue weighted by molar-refractivity contribution is 8.01. The van der Waals surface area contributed by atoms with E-state index < -0.39 is 0 Å². The maximum atomic E-state index is 12.9. The zero-order valence-electron chi connectivity index (χ0n) is 18.8. The minimum Gasteiger partial charge on any atom is -0.457 e. The first kappa shape index (κ1) is 21.3. The number of nitrogens with zero attached hydrogens (tertiary/aromatic N) is 2. The van der Waals surface area contributed by atoms with Gasteiger partial charge in [0, 0.05) is 5.56 Å². The first-order valence-corrected chi connectivity index (χ1v) is 11.9. The summed E-state index contributed by atoms with van der Waals surface area (Å²) in [6.45, 7) is 6.01. The molecule has 0 radical (unpaired) electrons. The number of aryl methyl sites for hydroxylation is 2. The van der Waals surface area contributed by atoms with E-state index in [2.05, 4.69) is 36.5 Å². The highest BCUT2D eigenvalue weighted by Gasteiger charge is 2.34. The molecular weight excluding hydrogens is 430 g/mol. The Morgan fingerprint density at radius 3 is 2.27 bits per heavy atom. The molecule has 0 spiro atoms. The molecule has 5 nitrogen and oxygen atoms in total. The fraction of sp³-hybridized carbons (Fsp3) is 0.185. The number of hydrogen-bond acceptors (Lipinski definition) is 4. The van der Waals surface area contributed by atoms with Crippen LogP contribution in [0.25, 0.3) is 5.69 Å². The van der Waals surface area contributed by atoms with Crippen molar-refractivity contribution in [2.45, 2.75) is 31.3 Å². The van der Waals surface area contributed by atoms with Crippen LogP contribution in [0.2, 0.25) is 0 Å². The fourth-order valence-corrected chi connectivity index (χ4v) is 5.30. The van der Waals surface area contributed by atoms with Gasteiger partial charge in [0.2, 0.25) is 5.91 Å². The highest BCUT2D eigenvalue weighted by Crippen LogP contribution is 2.46. The van der Waals surface area contributed by atoms with Crippen LogP contribution >= 0.6 is 11.8 Å². The number of rotatable bonds is 4. The summed E-state index contributed by atoms with van der Waals surface area (Å²) >= 11 is 1.64. The van der Waals surface area contributed by atoms with Crippen molar-refractivity contribution >= 4 is 23.5 Å². The summed E-state index contributed by atoms with van der Waals surface area (Å²) in [5.74, 6) is 2.31. The Labute approximate surface area is 197 Å². The number of carbonyl (C=O) groups excluding carboxylic acids is 1. The third kappa shape index (κ3) is 4.26. The molecule has 0 fully saturated rings. The quantitative estimate of drug-likeness (QED) is 0.384. The predicted octanol–water partition coefficient (Wildman–Crippen LogP) is 6.44. The van der Waals surface area contributed by atoms with Crippen LogP contribution in [-0.4, -0.2) is 20.9 Å². The van der Waals surface area contributed by atoms with Crippen LogP contribution in [0, 0.1) is 13.8 Å². The van der Waals surface area contributed by atoms with Crippen molar-refractivity contribution in [2.24, 2.45) is 0 Å². The van der Waals surface area contributed by atoms with E-state index in [1.165, 1.54) is 5.56 Å². The molecule has 33 heavy (non-hydrogen) atoms. The van der Waals surface area contributed by atoms with Crippen LogP contribution in [0.4, 0.5) is 5.82 Å². The van der Waals surface area contributed by atoms with Crippen molar-refractivity contribution < 1.29 is 9.53 Å². The van der Waals surface area contributed by atoms with Gasteiger partial charge in [0.05, 0.1) is 21.9 Å². The smallest absolute Gasteiger partial charge is 0.238 e. The van der Waals surface area contributed by atoms with Crippen LogP contribution in [0.15, 0.2) is 78.9 Å². The molecule has 1 aliphatic heterocycles. The van der Waals surface area contributed by atoms with Gasteiger partial charge in [-0.2, -0.15) is 5.10 Å². The number of anilines is 1. The van der Waals surface area contributed by atoms with E-state index in [1.807, 2.05) is 73.1 Å². The number of carbonyl (C=O) groups is 1. The van der Waals surface area contributed by atoms with Crippen LogP contribution in [-0.2, 0) is 4.79 Å². The number of ether oxygens (including phenoxy) is 1. The lowest BCUT2D eigenvalue weighted by Gasteiger charge is -2.18. The van der Waals surface area contributed by atoms with E-state index in [4.69, 9.17) is 9.84 Å². The zero-order chi connectivity index (χ0) is 22.9. The molecule has 2 atom stereocenters. The summed E-state index contributed by atoms with van der Waals surface area (Å²) in [4.78, 5) is 12.9. The van der Waals surface area contributed by atoms with Gasteiger partial charge in [0.1, 0.15) is 17.3 Å². The molecule has 1 N–H and O–H groups in total. The van der Waals surface area contributed by atoms with E-state index in [1.54, 1.807) is 11.8 Å². The van der Waals surface area contributed by atoms with E-state index in [9.17, 15) is 4.79 Å². The summed E-state index contributed by atoms with van der Waals surface area (Å²) in [6.07, 6.45) is 0. The maximum Gasteiger partial charge on any atom is 0.238 e. The van der Waals surface area contributed by atoms with Crippen LogP contribution in [0.5, 0.6) is 11.5 Å². The number of para-hydroxylation sites is 1. The molecular formula is C27H25N3O2S. The van der Waals surface area contributed by atoms with Crippen molar-refractivity contribution in [2.75, 3.05) is 5.32 Å². The summed E-state index contributed by atoms with van der Waals surface area (Å²) in [5, 5.41) is 7.71. The molecule has 0 saturated carbocycles. The molecule has 0 bridgehead atoms. The summed E-state index contributed by atoms with van der Waals surface area (Å²) < 4.78 is 7.81. The number of nitrogens with one attached hydrogen (secondary N) is 1. The number of hydrogen-bond donors (Lipinski definition) is 1. The molecule has 6 heteroatoms. The molecule has 0 unspecified atom stereocenters. The monoisotopic (exact) mass is 455 g/mol. The topological polar surface area (TPSA) is 56.2 Å². The maximum absolute atomic E-state index is 12.9. The largest absolute Gasteiger partial charge is 0.457 e. The highest BCUT2D eigenvalue weighted by atomic mass is 32.2. The lowest BCUT2D eigenvalue weighted by Crippen LogP contribution is -2.22. The molecule has 0 aliphatic carbocycles. The first-order valence-electron chi connectivity index (χ1n) is 11.0. The van der Waals surface area contributed by atoms with Crippen molar-refractivity contribution in [1.29, 1.82) is 0 Å². The van der Waals surface area contributed by atoms with Gasteiger partial charge in [0.25, 0.3) is 0 Å². The zero-order valence-corrected chi connectivity index (χ0v) is 19.6. The van der Waals surface area contributed by atoms with Gasteiger partial charge in [0.15, 0.2) is 0 Å². The van der Waals surface area contributed by atoms with E-state index in [0.29, 0.717) is 0 Å². The van der Waals surface area contributed by atoms with E-state index in [-0.39, 0.29) is 16.4 Å². The molecule has 1 aliphatic rings. The summed E-state index contributed by atoms with van der Waals surface area (Å²) in [6, 6.07) is 26.0. The first-order chi connectivity index (χ1) is 16.0. The average Bonchev–Trinajstić information content (AvgIpc) is 3.07. The second-order valence-electron chi connectivity index (χ2n) is 8.23. The minimum absolute atomic E-state index is 0.0129. The van der Waals surface area contributed by atoms with Gasteiger partial charge in [-0.25, -0.2) is 4.68 Å². The molecule has 4 aromatic rings. The second kappa shape index (κ2) is 8.79. The van der Waals surface area contributed by atoms with Crippen LogP contribution in [0.1, 0.15) is 34.6 Å². The van der Waals surface area contributed by atoms with Gasteiger partial charge >= 0.3 is 0 Å². The van der Waals surface area contributed by atoms with Crippen molar-refractivity contribution in [3.05, 3.63) is 101 Å². The second-order valence-corrected chi connectivity index (χ2v) is 9.68. The van der Waals surface area contributed by atoms with Crippen molar-refractivity contribution in [1.82, 2.24) is 9.78 Å². The molecule has 0 saturated heterocycles. The Morgan fingerprint density at radius 2 is 1.58 bits per heavy atom. The third-order valence-electron chi connectivity index (χ3n) is 5.76. The van der Waals surface area contributed by atoms with Gasteiger partial charge in [-0.3, -0.25) is 4.79 Å². The van der Waals surface area contributed by atoms with Gasteiger partial charge in [-0.1, -0.05) is 48.0 Å². The molecule has 1 aromatic heterocycles. The fourth-order valence-electron chi connectivity index (χ4n) is 3.98. The molecule has 1 amide bonds. The Hall–Kier alpha value is -3.51. The molecule has 2 heterocycles. The normalized spacial score (nSPS) is 17.7. The minimum atomic E-state index is -0.200. The molecule has 3 aromatic carbocycles. The van der Waals surface area contributed by atoms with Gasteiger partial charge in [-0.15, -0.1) is 11.8 Å². The van der Waals surface area contributed by atoms with Gasteiger partial charge in [-0.05, 0) is 62.7 Å². The Bertz CT molecular complexity index is 1280. The van der Waals surface area contributed by atoms with Crippen molar-refractivity contribution in [3.63, 3.8) is 0 Å². The molecule has 166 valence electrons. The summed E-state index contributed by atoms with van der Waals surface area (Å²) in [7, 11) is 0. The van der Waals surface area contributed by atoms with E-state index >= 15 is 0 Å². The number of fused-ring (bicyclic) bond motifs is 1. The van der Waals surface area contributed by atoms with E-state index in [0.717, 1.165) is 39.8 Å².